The van der Waals surface area contributed by atoms with Crippen LogP contribution in [0.3, 0.4) is 0 Å². The van der Waals surface area contributed by atoms with Gasteiger partial charge in [0, 0.05) is 12.1 Å². The first kappa shape index (κ1) is 18.3. The van der Waals surface area contributed by atoms with Crippen LogP contribution in [0, 0.1) is 0 Å². The number of carbonyl (C=O) groups excluding carboxylic acids is 2. The highest BCUT2D eigenvalue weighted by atomic mass is 32.2. The fraction of sp³-hybridized carbons (Fsp3) is 0.130. The van der Waals surface area contributed by atoms with E-state index in [9.17, 15) is 9.59 Å². The zero-order valence-corrected chi connectivity index (χ0v) is 16.2. The lowest BCUT2D eigenvalue weighted by Crippen LogP contribution is -2.27. The Morgan fingerprint density at radius 3 is 2.46 bits per heavy atom. The molecular weight excluding hydrogens is 370 g/mol. The molecule has 0 atom stereocenters. The number of benzene rings is 3. The van der Waals surface area contributed by atoms with Crippen molar-refractivity contribution in [1.29, 1.82) is 0 Å². The van der Waals surface area contributed by atoms with Crippen LogP contribution in [0.15, 0.2) is 71.6 Å². The average Bonchev–Trinajstić information content (AvgIpc) is 3.00. The molecule has 4 rings (SSSR count). The fourth-order valence-electron chi connectivity index (χ4n) is 3.19. The van der Waals surface area contributed by atoms with Crippen LogP contribution in [-0.2, 0) is 11.4 Å². The Kier molecular flexibility index (Phi) is 5.17. The molecule has 1 aliphatic heterocycles. The maximum absolute atomic E-state index is 12.6. The molecule has 0 saturated carbocycles. The quantitative estimate of drug-likeness (QED) is 0.543. The number of amides is 2. The second kappa shape index (κ2) is 7.90. The van der Waals surface area contributed by atoms with Crippen LogP contribution < -0.4 is 4.74 Å². The van der Waals surface area contributed by atoms with Crippen LogP contribution in [0.5, 0.6) is 5.75 Å². The number of carbonyl (C=O) groups is 2. The van der Waals surface area contributed by atoms with Crippen molar-refractivity contribution in [2.45, 2.75) is 13.5 Å². The zero-order valence-electron chi connectivity index (χ0n) is 15.4. The lowest BCUT2D eigenvalue weighted by Gasteiger charge is -2.13. The maximum atomic E-state index is 12.6. The molecule has 2 amide bonds. The highest BCUT2D eigenvalue weighted by molar-refractivity contribution is 8.18. The maximum Gasteiger partial charge on any atom is 0.293 e. The monoisotopic (exact) mass is 389 g/mol. The summed E-state index contributed by atoms with van der Waals surface area (Å²) in [6.07, 6.45) is 1.78. The number of ether oxygens (including phenoxy) is 1. The molecule has 1 aliphatic rings. The molecule has 3 aromatic carbocycles. The summed E-state index contributed by atoms with van der Waals surface area (Å²) in [6.45, 7) is 2.59. The van der Waals surface area contributed by atoms with E-state index in [0.29, 0.717) is 23.8 Å². The Labute approximate surface area is 167 Å². The van der Waals surface area contributed by atoms with Gasteiger partial charge in [-0.25, -0.2) is 0 Å². The van der Waals surface area contributed by atoms with Gasteiger partial charge in [-0.05, 0) is 47.2 Å². The minimum absolute atomic E-state index is 0.231. The van der Waals surface area contributed by atoms with Gasteiger partial charge in [0.15, 0.2) is 0 Å². The van der Waals surface area contributed by atoms with E-state index in [-0.39, 0.29) is 11.1 Å². The predicted molar refractivity (Wildman–Crippen MR) is 113 cm³/mol. The molecule has 0 N–H and O–H groups in total. The molecule has 0 unspecified atom stereocenters. The van der Waals surface area contributed by atoms with Crippen molar-refractivity contribution in [1.82, 2.24) is 4.90 Å². The number of hydrogen-bond acceptors (Lipinski definition) is 4. The summed E-state index contributed by atoms with van der Waals surface area (Å²) in [7, 11) is 0. The van der Waals surface area contributed by atoms with Crippen LogP contribution in [0.2, 0.25) is 0 Å². The van der Waals surface area contributed by atoms with Gasteiger partial charge in [0.05, 0.1) is 4.91 Å². The summed E-state index contributed by atoms with van der Waals surface area (Å²) in [5.74, 6) is 0.435. The van der Waals surface area contributed by atoms with Crippen molar-refractivity contribution in [3.05, 3.63) is 82.8 Å². The summed E-state index contributed by atoms with van der Waals surface area (Å²) in [5.41, 5.74) is 1.88. The molecule has 1 heterocycles. The van der Waals surface area contributed by atoms with E-state index in [1.165, 1.54) is 4.90 Å². The van der Waals surface area contributed by atoms with E-state index in [0.717, 1.165) is 33.7 Å². The Hall–Kier alpha value is -3.05. The number of rotatable bonds is 5. The van der Waals surface area contributed by atoms with E-state index in [1.807, 2.05) is 66.7 Å². The molecule has 4 nitrogen and oxygen atoms in total. The van der Waals surface area contributed by atoms with Gasteiger partial charge in [0.1, 0.15) is 12.4 Å². The lowest BCUT2D eigenvalue weighted by molar-refractivity contribution is -0.122. The minimum Gasteiger partial charge on any atom is -0.488 e. The number of nitrogens with zero attached hydrogens (tertiary/aromatic N) is 1. The predicted octanol–water partition coefficient (Wildman–Crippen LogP) is 5.48. The number of fused-ring (bicyclic) bond motifs is 1. The normalized spacial score (nSPS) is 15.6. The highest BCUT2D eigenvalue weighted by Gasteiger charge is 2.34. The summed E-state index contributed by atoms with van der Waals surface area (Å²) in [5, 5.41) is 1.80. The number of imide groups is 1. The summed E-state index contributed by atoms with van der Waals surface area (Å²) in [4.78, 5) is 26.3. The summed E-state index contributed by atoms with van der Waals surface area (Å²) in [6, 6.07) is 21.8. The summed E-state index contributed by atoms with van der Waals surface area (Å²) >= 11 is 0.976. The number of likely N-dealkylation sites (N-methyl/N-ethyl adjacent to an activating group) is 1. The minimum atomic E-state index is -0.251. The van der Waals surface area contributed by atoms with Crippen molar-refractivity contribution in [2.75, 3.05) is 6.54 Å². The first-order valence-electron chi connectivity index (χ1n) is 9.11. The van der Waals surface area contributed by atoms with Crippen LogP contribution in [-0.4, -0.2) is 22.6 Å². The van der Waals surface area contributed by atoms with Gasteiger partial charge in [0.2, 0.25) is 0 Å². The molecule has 1 fully saturated rings. The van der Waals surface area contributed by atoms with Gasteiger partial charge in [-0.2, -0.15) is 0 Å². The zero-order chi connectivity index (χ0) is 19.5. The van der Waals surface area contributed by atoms with E-state index in [1.54, 1.807) is 13.0 Å². The number of hydrogen-bond donors (Lipinski definition) is 0. The Balaban J connectivity index is 1.75. The van der Waals surface area contributed by atoms with Crippen molar-refractivity contribution >= 4 is 39.8 Å². The molecule has 0 radical (unpaired) electrons. The molecule has 1 saturated heterocycles. The first-order valence-corrected chi connectivity index (χ1v) is 9.93. The SMILES string of the molecule is CCN1C(=O)S/C(=C/c2c(OCc3ccccc3)ccc3ccccc23)C1=O. The van der Waals surface area contributed by atoms with Crippen LogP contribution in [0.1, 0.15) is 18.1 Å². The van der Waals surface area contributed by atoms with E-state index >= 15 is 0 Å². The second-order valence-electron chi connectivity index (χ2n) is 6.40. The van der Waals surface area contributed by atoms with Crippen LogP contribution in [0.25, 0.3) is 16.8 Å². The third-order valence-electron chi connectivity index (χ3n) is 4.63. The van der Waals surface area contributed by atoms with Gasteiger partial charge < -0.3 is 4.74 Å². The topological polar surface area (TPSA) is 46.6 Å². The average molecular weight is 389 g/mol. The molecule has 140 valence electrons. The lowest BCUT2D eigenvalue weighted by atomic mass is 10.0. The van der Waals surface area contributed by atoms with Crippen molar-refractivity contribution in [3.63, 3.8) is 0 Å². The third kappa shape index (κ3) is 3.53. The summed E-state index contributed by atoms with van der Waals surface area (Å²) < 4.78 is 6.09. The van der Waals surface area contributed by atoms with E-state index < -0.39 is 0 Å². The number of thioether (sulfide) groups is 1. The highest BCUT2D eigenvalue weighted by Crippen LogP contribution is 2.36. The molecule has 0 aromatic heterocycles. The molecule has 0 aliphatic carbocycles. The molecule has 5 heteroatoms. The molecule has 28 heavy (non-hydrogen) atoms. The van der Waals surface area contributed by atoms with Gasteiger partial charge in [-0.1, -0.05) is 60.7 Å². The smallest absolute Gasteiger partial charge is 0.293 e. The van der Waals surface area contributed by atoms with E-state index in [4.69, 9.17) is 4.74 Å². The fourth-order valence-corrected chi connectivity index (χ4v) is 4.07. The van der Waals surface area contributed by atoms with Crippen molar-refractivity contribution in [3.8, 4) is 5.75 Å². The Bertz CT molecular complexity index is 1080. The molecule has 0 spiro atoms. The van der Waals surface area contributed by atoms with Gasteiger partial charge in [-0.15, -0.1) is 0 Å². The standard InChI is InChI=1S/C23H19NO3S/c1-2-24-22(25)21(28-23(24)26)14-19-18-11-7-6-10-17(18)12-13-20(19)27-15-16-8-4-3-5-9-16/h3-14H,2,15H2,1H3/b21-14+. The Morgan fingerprint density at radius 1 is 0.964 bits per heavy atom. The van der Waals surface area contributed by atoms with Crippen LogP contribution in [0.4, 0.5) is 4.79 Å². The van der Waals surface area contributed by atoms with Gasteiger partial charge >= 0.3 is 0 Å². The van der Waals surface area contributed by atoms with Crippen molar-refractivity contribution in [2.24, 2.45) is 0 Å². The molecule has 0 bridgehead atoms. The van der Waals surface area contributed by atoms with Gasteiger partial charge in [0.25, 0.3) is 11.1 Å². The van der Waals surface area contributed by atoms with Crippen LogP contribution >= 0.6 is 11.8 Å². The first-order chi connectivity index (χ1) is 13.7. The third-order valence-corrected chi connectivity index (χ3v) is 5.54. The van der Waals surface area contributed by atoms with Gasteiger partial charge in [-0.3, -0.25) is 14.5 Å². The largest absolute Gasteiger partial charge is 0.488 e. The molecule has 3 aromatic rings. The molecular formula is C23H19NO3S. The second-order valence-corrected chi connectivity index (χ2v) is 7.39. The van der Waals surface area contributed by atoms with E-state index in [2.05, 4.69) is 0 Å². The van der Waals surface area contributed by atoms with Crippen molar-refractivity contribution < 1.29 is 14.3 Å². The Morgan fingerprint density at radius 2 is 1.71 bits per heavy atom.